The number of hydrogen-bond donors (Lipinski definition) is 2. The van der Waals surface area contributed by atoms with Gasteiger partial charge in [-0.2, -0.15) is 0 Å². The number of nitrogens with one attached hydrogen (secondary N) is 1. The molecule has 1 aliphatic rings. The Bertz CT molecular complexity index is 465. The number of carboxylic acid groups (broad SMARTS) is 1. The van der Waals surface area contributed by atoms with E-state index < -0.39 is 27.9 Å². The minimum atomic E-state index is -3.04. The Balaban J connectivity index is 2.53. The van der Waals surface area contributed by atoms with Crippen molar-refractivity contribution in [3.05, 3.63) is 0 Å². The van der Waals surface area contributed by atoms with Crippen LogP contribution < -0.4 is 5.32 Å². The molecule has 2 N–H and O–H groups in total. The van der Waals surface area contributed by atoms with E-state index >= 15 is 0 Å². The Morgan fingerprint density at radius 3 is 2.60 bits per heavy atom. The fourth-order valence-electron chi connectivity index (χ4n) is 1.96. The molecule has 1 aliphatic heterocycles. The minimum absolute atomic E-state index is 0.00158. The summed E-state index contributed by atoms with van der Waals surface area (Å²) in [5, 5.41) is 11.6. The van der Waals surface area contributed by atoms with Crippen molar-refractivity contribution in [2.24, 2.45) is 0 Å². The lowest BCUT2D eigenvalue weighted by Crippen LogP contribution is -2.50. The Labute approximate surface area is 123 Å². The zero-order valence-electron chi connectivity index (χ0n) is 11.5. The van der Waals surface area contributed by atoms with Crippen LogP contribution in [0.3, 0.4) is 0 Å². The van der Waals surface area contributed by atoms with E-state index in [0.717, 1.165) is 6.26 Å². The Kier molecular flexibility index (Phi) is 6.12. The number of carbonyl (C=O) groups is 2. The van der Waals surface area contributed by atoms with Gasteiger partial charge in [0.05, 0.1) is 11.1 Å². The fraction of sp³-hybridized carbons (Fsp3) is 0.818. The van der Waals surface area contributed by atoms with Crippen molar-refractivity contribution in [1.29, 1.82) is 0 Å². The molecule has 0 bridgehead atoms. The highest BCUT2D eigenvalue weighted by Crippen LogP contribution is 2.31. The summed E-state index contributed by atoms with van der Waals surface area (Å²) in [6.45, 7) is 2.11. The predicted molar refractivity (Wildman–Crippen MR) is 77.5 cm³/mol. The summed E-state index contributed by atoms with van der Waals surface area (Å²) in [5.41, 5.74) is 0. The number of carbonyl (C=O) groups excluding carboxylic acids is 1. The number of rotatable bonds is 6. The predicted octanol–water partition coefficient (Wildman–Crippen LogP) is 0.369. The van der Waals surface area contributed by atoms with E-state index in [9.17, 15) is 18.0 Å². The van der Waals surface area contributed by atoms with E-state index in [1.54, 1.807) is 0 Å². The van der Waals surface area contributed by atoms with Crippen LogP contribution in [-0.2, 0) is 14.6 Å². The molecule has 1 rings (SSSR count). The summed E-state index contributed by atoms with van der Waals surface area (Å²) in [4.78, 5) is 24.5. The fourth-order valence-corrected chi connectivity index (χ4v) is 3.98. The number of hydrogen-bond acceptors (Lipinski definition) is 5. The number of thioether (sulfide) groups is 1. The highest BCUT2D eigenvalue weighted by molar-refractivity contribution is 8.00. The van der Waals surface area contributed by atoms with Gasteiger partial charge < -0.3 is 10.4 Å². The summed E-state index contributed by atoms with van der Waals surface area (Å²) in [6.07, 6.45) is 2.13. The Hall–Kier alpha value is -0.960. The molecular weight excluding hydrogens is 304 g/mol. The van der Waals surface area contributed by atoms with E-state index in [1.165, 1.54) is 16.7 Å². The molecule has 0 spiro atoms. The summed E-state index contributed by atoms with van der Waals surface area (Å²) in [5.74, 6) is -0.633. The first kappa shape index (κ1) is 17.1. The normalized spacial score (nSPS) is 22.8. The zero-order chi connectivity index (χ0) is 15.3. The molecule has 0 aromatic carbocycles. The number of amides is 2. The summed E-state index contributed by atoms with van der Waals surface area (Å²) >= 11 is 1.45. The molecule has 2 atom stereocenters. The minimum Gasteiger partial charge on any atom is -0.480 e. The number of urea groups is 1. The van der Waals surface area contributed by atoms with Crippen LogP contribution in [0, 0.1) is 0 Å². The van der Waals surface area contributed by atoms with Crippen LogP contribution in [0.5, 0.6) is 0 Å². The van der Waals surface area contributed by atoms with Gasteiger partial charge in [-0.05, 0) is 12.8 Å². The largest absolute Gasteiger partial charge is 0.480 e. The maximum Gasteiger partial charge on any atom is 0.327 e. The van der Waals surface area contributed by atoms with Crippen molar-refractivity contribution in [2.75, 3.05) is 24.3 Å². The number of nitrogens with zero attached hydrogens (tertiary/aromatic N) is 1. The SMILES string of the molecule is CCC1SCC(C(=O)O)N1C(=O)NCCCS(C)(=O)=O. The summed E-state index contributed by atoms with van der Waals surface area (Å²) < 4.78 is 21.9. The molecule has 9 heteroatoms. The van der Waals surface area contributed by atoms with Crippen LogP contribution in [0.4, 0.5) is 4.79 Å². The molecule has 1 saturated heterocycles. The lowest BCUT2D eigenvalue weighted by atomic mass is 10.3. The van der Waals surface area contributed by atoms with Gasteiger partial charge in [-0.15, -0.1) is 11.8 Å². The first-order chi connectivity index (χ1) is 9.26. The van der Waals surface area contributed by atoms with Gasteiger partial charge in [0, 0.05) is 18.6 Å². The van der Waals surface area contributed by atoms with Crippen molar-refractivity contribution in [3.63, 3.8) is 0 Å². The van der Waals surface area contributed by atoms with E-state index in [0.29, 0.717) is 18.6 Å². The van der Waals surface area contributed by atoms with Crippen LogP contribution in [0.25, 0.3) is 0 Å². The van der Waals surface area contributed by atoms with E-state index in [2.05, 4.69) is 5.32 Å². The number of sulfone groups is 1. The molecule has 7 nitrogen and oxygen atoms in total. The second-order valence-electron chi connectivity index (χ2n) is 4.67. The average Bonchev–Trinajstić information content (AvgIpc) is 2.77. The zero-order valence-corrected chi connectivity index (χ0v) is 13.2. The van der Waals surface area contributed by atoms with Crippen molar-refractivity contribution < 1.29 is 23.1 Å². The van der Waals surface area contributed by atoms with Crippen LogP contribution in [0.15, 0.2) is 0 Å². The molecule has 2 unspecified atom stereocenters. The van der Waals surface area contributed by atoms with Gasteiger partial charge in [0.25, 0.3) is 0 Å². The van der Waals surface area contributed by atoms with Crippen molar-refractivity contribution in [2.45, 2.75) is 31.2 Å². The maximum atomic E-state index is 12.0. The Morgan fingerprint density at radius 1 is 1.45 bits per heavy atom. The van der Waals surface area contributed by atoms with Gasteiger partial charge in [-0.25, -0.2) is 18.0 Å². The topological polar surface area (TPSA) is 104 Å². The van der Waals surface area contributed by atoms with Gasteiger partial charge in [0.15, 0.2) is 0 Å². The van der Waals surface area contributed by atoms with E-state index in [4.69, 9.17) is 5.11 Å². The van der Waals surface area contributed by atoms with Gasteiger partial charge in [-0.1, -0.05) is 6.92 Å². The third kappa shape index (κ3) is 4.86. The van der Waals surface area contributed by atoms with E-state index in [1.807, 2.05) is 6.92 Å². The first-order valence-corrected chi connectivity index (χ1v) is 9.45. The lowest BCUT2D eigenvalue weighted by molar-refractivity contribution is -0.141. The third-order valence-electron chi connectivity index (χ3n) is 2.93. The van der Waals surface area contributed by atoms with Gasteiger partial charge in [-0.3, -0.25) is 4.90 Å². The van der Waals surface area contributed by atoms with Crippen molar-refractivity contribution in [1.82, 2.24) is 10.2 Å². The summed E-state index contributed by atoms with van der Waals surface area (Å²) in [6, 6.07) is -1.26. The molecule has 0 aromatic heterocycles. The molecule has 2 amide bonds. The number of aliphatic carboxylic acids is 1. The molecule has 0 aromatic rings. The molecule has 116 valence electrons. The van der Waals surface area contributed by atoms with Crippen LogP contribution in [-0.4, -0.2) is 66.1 Å². The van der Waals surface area contributed by atoms with E-state index in [-0.39, 0.29) is 17.7 Å². The molecular formula is C11H20N2O5S2. The maximum absolute atomic E-state index is 12.0. The third-order valence-corrected chi connectivity index (χ3v) is 5.41. The first-order valence-electron chi connectivity index (χ1n) is 6.34. The van der Waals surface area contributed by atoms with Crippen molar-refractivity contribution >= 4 is 33.6 Å². The molecule has 0 aliphatic carbocycles. The quantitative estimate of drug-likeness (QED) is 0.684. The lowest BCUT2D eigenvalue weighted by Gasteiger charge is -2.26. The smallest absolute Gasteiger partial charge is 0.327 e. The molecule has 20 heavy (non-hydrogen) atoms. The van der Waals surface area contributed by atoms with Crippen LogP contribution in [0.2, 0.25) is 0 Å². The molecule has 0 radical (unpaired) electrons. The highest BCUT2D eigenvalue weighted by Gasteiger charge is 2.40. The monoisotopic (exact) mass is 324 g/mol. The average molecular weight is 324 g/mol. The van der Waals surface area contributed by atoms with Crippen LogP contribution in [0.1, 0.15) is 19.8 Å². The number of carboxylic acids is 1. The van der Waals surface area contributed by atoms with Gasteiger partial charge in [0.1, 0.15) is 15.9 Å². The van der Waals surface area contributed by atoms with Gasteiger partial charge in [0.2, 0.25) is 0 Å². The molecule has 1 fully saturated rings. The second-order valence-corrected chi connectivity index (χ2v) is 8.14. The van der Waals surface area contributed by atoms with Gasteiger partial charge >= 0.3 is 12.0 Å². The summed E-state index contributed by atoms with van der Waals surface area (Å²) in [7, 11) is -3.04. The van der Waals surface area contributed by atoms with Crippen LogP contribution >= 0.6 is 11.8 Å². The Morgan fingerprint density at radius 2 is 2.10 bits per heavy atom. The molecule has 0 saturated carbocycles. The standard InChI is InChI=1S/C11H20N2O5S2/c1-3-9-13(8(7-19-9)10(14)15)11(16)12-5-4-6-20(2,17)18/h8-9H,3-7H2,1-2H3,(H,12,16)(H,14,15). The second kappa shape index (κ2) is 7.16. The highest BCUT2D eigenvalue weighted by atomic mass is 32.2. The van der Waals surface area contributed by atoms with Crippen molar-refractivity contribution in [3.8, 4) is 0 Å². The molecule has 1 heterocycles.